The van der Waals surface area contributed by atoms with E-state index in [0.29, 0.717) is 16.6 Å². The average molecular weight is 451 g/mol. The van der Waals surface area contributed by atoms with Gasteiger partial charge in [0.15, 0.2) is 0 Å². The molecule has 0 aliphatic carbocycles. The molecule has 0 unspecified atom stereocenters. The van der Waals surface area contributed by atoms with Gasteiger partial charge in [0.1, 0.15) is 18.2 Å². The molecule has 2 atom stereocenters. The smallest absolute Gasteiger partial charge is 0.123 e. The van der Waals surface area contributed by atoms with Gasteiger partial charge in [0.05, 0.1) is 6.04 Å². The lowest BCUT2D eigenvalue weighted by molar-refractivity contribution is 0.232. The van der Waals surface area contributed by atoms with Crippen molar-refractivity contribution in [2.45, 2.75) is 18.6 Å². The maximum absolute atomic E-state index is 13.1. The third-order valence-electron chi connectivity index (χ3n) is 4.71. The van der Waals surface area contributed by atoms with Gasteiger partial charge in [-0.3, -0.25) is 10.0 Å². The molecule has 0 saturated carbocycles. The second-order valence-corrected chi connectivity index (χ2v) is 7.51. The quantitative estimate of drug-likeness (QED) is 0.488. The first kappa shape index (κ1) is 21.6. The van der Waals surface area contributed by atoms with Crippen molar-refractivity contribution < 1.29 is 4.39 Å². The molecule has 1 aliphatic rings. The van der Waals surface area contributed by atoms with Gasteiger partial charge >= 0.3 is 0 Å². The molecule has 0 radical (unpaired) electrons. The highest BCUT2D eigenvalue weighted by atomic mass is 35.5. The molecule has 3 aromatic carbocycles. The highest BCUT2D eigenvalue weighted by Gasteiger charge is 2.33. The molecule has 0 saturated heterocycles. The second kappa shape index (κ2) is 9.59. The predicted octanol–water partition coefficient (Wildman–Crippen LogP) is 6.39. The molecule has 0 bridgehead atoms. The molecule has 150 valence electrons. The summed E-state index contributed by atoms with van der Waals surface area (Å²) in [4.78, 5) is 4.72. The van der Waals surface area contributed by atoms with E-state index in [1.807, 2.05) is 53.5 Å². The third-order valence-corrected chi connectivity index (χ3v) is 5.18. The Labute approximate surface area is 185 Å². The topological polar surface area (TPSA) is 27.6 Å². The molecule has 1 N–H and O–H groups in total. The van der Waals surface area contributed by atoms with E-state index in [1.165, 1.54) is 12.1 Å². The molecule has 7 heteroatoms. The Morgan fingerprint density at radius 3 is 2.17 bits per heavy atom. The Morgan fingerprint density at radius 1 is 0.897 bits per heavy atom. The van der Waals surface area contributed by atoms with Crippen molar-refractivity contribution in [3.05, 3.63) is 105 Å². The van der Waals surface area contributed by atoms with Crippen LogP contribution in [0.25, 0.3) is 0 Å². The summed E-state index contributed by atoms with van der Waals surface area (Å²) in [5, 5.41) is 3.32. The monoisotopic (exact) mass is 449 g/mol. The van der Waals surface area contributed by atoms with Crippen LogP contribution in [0, 0.1) is 5.82 Å². The maximum Gasteiger partial charge on any atom is 0.123 e. The van der Waals surface area contributed by atoms with Crippen LogP contribution in [0.2, 0.25) is 10.0 Å². The minimum absolute atomic E-state index is 0. The molecule has 0 fully saturated rings. The van der Waals surface area contributed by atoms with Crippen molar-refractivity contribution in [1.82, 2.24) is 10.4 Å². The zero-order chi connectivity index (χ0) is 19.5. The Kier molecular flexibility index (Phi) is 7.14. The minimum Gasteiger partial charge on any atom is -0.288 e. The number of hydrogen-bond donors (Lipinski definition) is 1. The van der Waals surface area contributed by atoms with Crippen molar-refractivity contribution in [3.63, 3.8) is 0 Å². The van der Waals surface area contributed by atoms with Crippen molar-refractivity contribution in [2.75, 3.05) is 0 Å². The van der Waals surface area contributed by atoms with Crippen molar-refractivity contribution in [3.8, 4) is 0 Å². The molecule has 1 aliphatic heterocycles. The van der Waals surface area contributed by atoms with Gasteiger partial charge in [0.25, 0.3) is 0 Å². The van der Waals surface area contributed by atoms with E-state index in [-0.39, 0.29) is 30.3 Å². The SMILES string of the molecule is Cl.Fc1ccc(CNN2C=N[C@@H](c3cccc(Cl)c3)[C@H]2c2cccc(Cl)c2)cc1. The number of hydrogen-bond acceptors (Lipinski definition) is 3. The molecule has 0 amide bonds. The van der Waals surface area contributed by atoms with Gasteiger partial charge in [-0.2, -0.15) is 0 Å². The number of halogens is 4. The number of nitrogens with zero attached hydrogens (tertiary/aromatic N) is 2. The van der Waals surface area contributed by atoms with Gasteiger partial charge in [-0.25, -0.2) is 9.82 Å². The van der Waals surface area contributed by atoms with Gasteiger partial charge in [0, 0.05) is 16.6 Å². The summed E-state index contributed by atoms with van der Waals surface area (Å²) >= 11 is 12.4. The van der Waals surface area contributed by atoms with Crippen LogP contribution >= 0.6 is 35.6 Å². The van der Waals surface area contributed by atoms with Gasteiger partial charge in [-0.15, -0.1) is 12.4 Å². The molecule has 4 rings (SSSR count). The van der Waals surface area contributed by atoms with Gasteiger partial charge in [0.2, 0.25) is 0 Å². The van der Waals surface area contributed by atoms with Crippen LogP contribution in [0.5, 0.6) is 0 Å². The van der Waals surface area contributed by atoms with Crippen LogP contribution in [0.15, 0.2) is 77.8 Å². The lowest BCUT2D eigenvalue weighted by Crippen LogP contribution is -2.38. The number of nitrogens with one attached hydrogen (secondary N) is 1. The van der Waals surface area contributed by atoms with Crippen LogP contribution in [0.4, 0.5) is 4.39 Å². The van der Waals surface area contributed by atoms with Crippen LogP contribution in [0.3, 0.4) is 0 Å². The normalized spacial score (nSPS) is 18.0. The molecule has 3 aromatic rings. The fourth-order valence-corrected chi connectivity index (χ4v) is 3.76. The summed E-state index contributed by atoms with van der Waals surface area (Å²) < 4.78 is 13.1. The first-order chi connectivity index (χ1) is 13.6. The summed E-state index contributed by atoms with van der Waals surface area (Å²) in [6.45, 7) is 0.547. The molecule has 1 heterocycles. The molecular weight excluding hydrogens is 432 g/mol. The average Bonchev–Trinajstić information content (AvgIpc) is 3.11. The summed E-state index contributed by atoms with van der Waals surface area (Å²) in [6.07, 6.45) is 1.79. The number of hydrazine groups is 1. The van der Waals surface area contributed by atoms with Gasteiger partial charge in [-0.1, -0.05) is 59.6 Å². The Morgan fingerprint density at radius 2 is 1.52 bits per heavy atom. The number of benzene rings is 3. The van der Waals surface area contributed by atoms with Crippen molar-refractivity contribution in [2.24, 2.45) is 4.99 Å². The second-order valence-electron chi connectivity index (χ2n) is 6.63. The van der Waals surface area contributed by atoms with E-state index in [4.69, 9.17) is 28.2 Å². The lowest BCUT2D eigenvalue weighted by Gasteiger charge is -2.29. The molecule has 29 heavy (non-hydrogen) atoms. The molecular formula is C22H19Cl3FN3. The minimum atomic E-state index is -0.246. The molecule has 3 nitrogen and oxygen atoms in total. The van der Waals surface area contributed by atoms with Crippen LogP contribution in [-0.4, -0.2) is 11.3 Å². The summed E-state index contributed by atoms with van der Waals surface area (Å²) in [5.74, 6) is -0.246. The number of rotatable bonds is 5. The van der Waals surface area contributed by atoms with Crippen molar-refractivity contribution in [1.29, 1.82) is 0 Å². The van der Waals surface area contributed by atoms with Crippen molar-refractivity contribution >= 4 is 41.9 Å². The Hall–Kier alpha value is -2.11. The first-order valence-corrected chi connectivity index (χ1v) is 9.66. The first-order valence-electron chi connectivity index (χ1n) is 8.91. The van der Waals surface area contributed by atoms with E-state index in [9.17, 15) is 4.39 Å². The van der Waals surface area contributed by atoms with E-state index >= 15 is 0 Å². The third kappa shape index (κ3) is 5.09. The highest BCUT2D eigenvalue weighted by molar-refractivity contribution is 6.30. The van der Waals surface area contributed by atoms with Gasteiger partial charge in [-0.05, 0) is 53.1 Å². The summed E-state index contributed by atoms with van der Waals surface area (Å²) in [5.41, 5.74) is 6.43. The zero-order valence-corrected chi connectivity index (χ0v) is 17.6. The van der Waals surface area contributed by atoms with Gasteiger partial charge < -0.3 is 0 Å². The molecule has 0 spiro atoms. The van der Waals surface area contributed by atoms with Crippen LogP contribution < -0.4 is 5.43 Å². The zero-order valence-electron chi connectivity index (χ0n) is 15.3. The van der Waals surface area contributed by atoms with Crippen LogP contribution in [0.1, 0.15) is 28.8 Å². The largest absolute Gasteiger partial charge is 0.288 e. The Bertz CT molecular complexity index is 995. The van der Waals surface area contributed by atoms with E-state index < -0.39 is 0 Å². The van der Waals surface area contributed by atoms with E-state index in [0.717, 1.165) is 16.7 Å². The molecule has 0 aromatic heterocycles. The van der Waals surface area contributed by atoms with Crippen LogP contribution in [-0.2, 0) is 6.54 Å². The fraction of sp³-hybridized carbons (Fsp3) is 0.136. The predicted molar refractivity (Wildman–Crippen MR) is 119 cm³/mol. The summed E-state index contributed by atoms with van der Waals surface area (Å²) in [6, 6.07) is 21.7. The van der Waals surface area contributed by atoms with E-state index in [2.05, 4.69) is 5.43 Å². The standard InChI is InChI=1S/C22H18Cl2FN3.ClH/c23-18-5-1-3-16(11-18)21-22(17-4-2-6-19(24)12-17)28(14-26-21)27-13-15-7-9-20(25)10-8-15;/h1-12,14,21-22,27H,13H2;1H/t21-,22+;/m0./s1. The highest BCUT2D eigenvalue weighted by Crippen LogP contribution is 2.40. The summed E-state index contributed by atoms with van der Waals surface area (Å²) in [7, 11) is 0. The Balaban J connectivity index is 0.00000240. The lowest BCUT2D eigenvalue weighted by atomic mass is 9.94. The number of aliphatic imine (C=N–C) groups is 1. The van der Waals surface area contributed by atoms with E-state index in [1.54, 1.807) is 18.5 Å². The maximum atomic E-state index is 13.1. The fourth-order valence-electron chi connectivity index (χ4n) is 3.37.